The molecule has 1 aliphatic heterocycles. The molecule has 6 heteroatoms. The molecule has 1 heterocycles. The second kappa shape index (κ2) is 7.53. The number of amides is 2. The van der Waals surface area contributed by atoms with E-state index in [0.717, 1.165) is 3.57 Å². The summed E-state index contributed by atoms with van der Waals surface area (Å²) in [6.45, 7) is 2.08. The summed E-state index contributed by atoms with van der Waals surface area (Å²) >= 11 is 8.27. The molecule has 0 atom stereocenters. The lowest BCUT2D eigenvalue weighted by molar-refractivity contribution is 0.0535. The van der Waals surface area contributed by atoms with Gasteiger partial charge in [-0.2, -0.15) is 0 Å². The van der Waals surface area contributed by atoms with E-state index in [9.17, 15) is 9.59 Å². The maximum atomic E-state index is 12.6. The number of halogens is 2. The molecular formula is C18H16ClIN2O2. The van der Waals surface area contributed by atoms with Crippen LogP contribution < -0.4 is 0 Å². The largest absolute Gasteiger partial charge is 0.335 e. The Bertz CT molecular complexity index is 708. The Labute approximate surface area is 159 Å². The Morgan fingerprint density at radius 3 is 1.79 bits per heavy atom. The summed E-state index contributed by atoms with van der Waals surface area (Å²) in [5.74, 6) is -0.0631. The van der Waals surface area contributed by atoms with Gasteiger partial charge in [0.1, 0.15) is 0 Å². The van der Waals surface area contributed by atoms with Gasteiger partial charge < -0.3 is 9.80 Å². The fourth-order valence-electron chi connectivity index (χ4n) is 2.72. The highest BCUT2D eigenvalue weighted by atomic mass is 127. The van der Waals surface area contributed by atoms with Crippen LogP contribution in [0.15, 0.2) is 48.5 Å². The highest BCUT2D eigenvalue weighted by Crippen LogP contribution is 2.19. The Hall–Kier alpha value is -1.60. The standard InChI is InChI=1S/C18H16ClIN2O2/c19-15-7-3-1-5-13(15)17(23)21-9-11-22(12-10-21)18(24)14-6-2-4-8-16(14)20/h1-8H,9-12H2. The lowest BCUT2D eigenvalue weighted by Crippen LogP contribution is -2.50. The minimum atomic E-state index is -0.0815. The van der Waals surface area contributed by atoms with Crippen LogP contribution >= 0.6 is 34.2 Å². The molecule has 0 radical (unpaired) electrons. The molecule has 0 aliphatic carbocycles. The van der Waals surface area contributed by atoms with Gasteiger partial charge in [-0.15, -0.1) is 0 Å². The third-order valence-corrected chi connectivity index (χ3v) is 5.33. The molecule has 0 unspecified atom stereocenters. The number of piperazine rings is 1. The zero-order valence-electron chi connectivity index (χ0n) is 12.9. The van der Waals surface area contributed by atoms with Crippen molar-refractivity contribution >= 4 is 46.0 Å². The average Bonchev–Trinajstić information content (AvgIpc) is 2.61. The first kappa shape index (κ1) is 17.2. The number of rotatable bonds is 2. The van der Waals surface area contributed by atoms with Gasteiger partial charge in [-0.3, -0.25) is 9.59 Å². The summed E-state index contributed by atoms with van der Waals surface area (Å²) in [4.78, 5) is 28.7. The van der Waals surface area contributed by atoms with Crippen LogP contribution in [-0.4, -0.2) is 47.8 Å². The van der Waals surface area contributed by atoms with E-state index in [1.807, 2.05) is 24.3 Å². The summed E-state index contributed by atoms with van der Waals surface area (Å²) in [6, 6.07) is 14.6. The molecule has 0 saturated carbocycles. The molecule has 124 valence electrons. The fourth-order valence-corrected chi connectivity index (χ4v) is 3.56. The first-order valence-corrected chi connectivity index (χ1v) is 9.11. The van der Waals surface area contributed by atoms with Gasteiger partial charge in [0.2, 0.25) is 0 Å². The highest BCUT2D eigenvalue weighted by molar-refractivity contribution is 14.1. The van der Waals surface area contributed by atoms with Crippen LogP contribution in [0.5, 0.6) is 0 Å². The van der Waals surface area contributed by atoms with Crippen molar-refractivity contribution in [1.29, 1.82) is 0 Å². The van der Waals surface area contributed by atoms with Gasteiger partial charge in [-0.1, -0.05) is 35.9 Å². The van der Waals surface area contributed by atoms with Crippen molar-refractivity contribution in [2.45, 2.75) is 0 Å². The maximum Gasteiger partial charge on any atom is 0.255 e. The minimum Gasteiger partial charge on any atom is -0.335 e. The molecule has 4 nitrogen and oxygen atoms in total. The van der Waals surface area contributed by atoms with Gasteiger partial charge >= 0.3 is 0 Å². The number of hydrogen-bond donors (Lipinski definition) is 0. The molecule has 24 heavy (non-hydrogen) atoms. The normalized spacial score (nSPS) is 14.6. The van der Waals surface area contributed by atoms with Crippen LogP contribution in [0.1, 0.15) is 20.7 Å². The summed E-state index contributed by atoms with van der Waals surface area (Å²) in [6.07, 6.45) is 0. The number of benzene rings is 2. The van der Waals surface area contributed by atoms with Crippen LogP contribution in [0.25, 0.3) is 0 Å². The lowest BCUT2D eigenvalue weighted by atomic mass is 10.1. The first-order chi connectivity index (χ1) is 11.6. The summed E-state index contributed by atoms with van der Waals surface area (Å²) in [5.41, 5.74) is 1.22. The number of hydrogen-bond acceptors (Lipinski definition) is 2. The minimum absolute atomic E-state index is 0.0184. The highest BCUT2D eigenvalue weighted by Gasteiger charge is 2.26. The van der Waals surface area contributed by atoms with Crippen LogP contribution in [0.3, 0.4) is 0 Å². The molecule has 3 rings (SSSR count). The van der Waals surface area contributed by atoms with Crippen molar-refractivity contribution in [2.24, 2.45) is 0 Å². The second-order valence-corrected chi connectivity index (χ2v) is 7.11. The van der Waals surface area contributed by atoms with Gasteiger partial charge in [-0.25, -0.2) is 0 Å². The molecule has 2 amide bonds. The summed E-state index contributed by atoms with van der Waals surface area (Å²) in [5, 5.41) is 0.458. The smallest absolute Gasteiger partial charge is 0.255 e. The monoisotopic (exact) mass is 454 g/mol. The fraction of sp³-hybridized carbons (Fsp3) is 0.222. The van der Waals surface area contributed by atoms with Gasteiger partial charge in [0.25, 0.3) is 11.8 Å². The zero-order chi connectivity index (χ0) is 17.1. The van der Waals surface area contributed by atoms with E-state index in [-0.39, 0.29) is 11.8 Å². The molecule has 1 saturated heterocycles. The predicted molar refractivity (Wildman–Crippen MR) is 102 cm³/mol. The Morgan fingerprint density at radius 2 is 1.25 bits per heavy atom. The van der Waals surface area contributed by atoms with Crippen LogP contribution in [0, 0.1) is 3.57 Å². The van der Waals surface area contributed by atoms with Gasteiger partial charge in [-0.05, 0) is 46.9 Å². The molecular weight excluding hydrogens is 439 g/mol. The van der Waals surface area contributed by atoms with Crippen molar-refractivity contribution in [3.63, 3.8) is 0 Å². The molecule has 1 aliphatic rings. The maximum absolute atomic E-state index is 12.6. The molecule has 2 aromatic carbocycles. The van der Waals surface area contributed by atoms with E-state index in [4.69, 9.17) is 11.6 Å². The van der Waals surface area contributed by atoms with Crippen molar-refractivity contribution < 1.29 is 9.59 Å². The molecule has 2 aromatic rings. The summed E-state index contributed by atoms with van der Waals surface area (Å²) < 4.78 is 0.940. The zero-order valence-corrected chi connectivity index (χ0v) is 15.8. The number of carbonyl (C=O) groups excluding carboxylic acids is 2. The topological polar surface area (TPSA) is 40.6 Å². The SMILES string of the molecule is O=C(c1ccccc1Cl)N1CCN(C(=O)c2ccccc2I)CC1. The Balaban J connectivity index is 1.66. The average molecular weight is 455 g/mol. The second-order valence-electron chi connectivity index (χ2n) is 5.54. The summed E-state index contributed by atoms with van der Waals surface area (Å²) in [7, 11) is 0. The third kappa shape index (κ3) is 3.57. The quantitative estimate of drug-likeness (QED) is 0.651. The third-order valence-electron chi connectivity index (χ3n) is 4.06. The van der Waals surface area contributed by atoms with Crippen molar-refractivity contribution in [1.82, 2.24) is 9.80 Å². The van der Waals surface area contributed by atoms with E-state index in [1.54, 1.807) is 34.1 Å². The van der Waals surface area contributed by atoms with Gasteiger partial charge in [0, 0.05) is 29.7 Å². The van der Waals surface area contributed by atoms with Crippen LogP contribution in [0.2, 0.25) is 5.02 Å². The van der Waals surface area contributed by atoms with Crippen molar-refractivity contribution in [2.75, 3.05) is 26.2 Å². The van der Waals surface area contributed by atoms with E-state index in [2.05, 4.69) is 22.6 Å². The molecule has 0 bridgehead atoms. The molecule has 0 N–H and O–H groups in total. The van der Waals surface area contributed by atoms with Crippen LogP contribution in [-0.2, 0) is 0 Å². The Kier molecular flexibility index (Phi) is 5.40. The Morgan fingerprint density at radius 1 is 0.792 bits per heavy atom. The lowest BCUT2D eigenvalue weighted by Gasteiger charge is -2.35. The number of carbonyl (C=O) groups is 2. The van der Waals surface area contributed by atoms with Gasteiger partial charge in [0.05, 0.1) is 16.1 Å². The predicted octanol–water partition coefficient (Wildman–Crippen LogP) is 3.54. The van der Waals surface area contributed by atoms with E-state index < -0.39 is 0 Å². The molecule has 1 fully saturated rings. The van der Waals surface area contributed by atoms with E-state index in [1.165, 1.54) is 0 Å². The van der Waals surface area contributed by atoms with E-state index >= 15 is 0 Å². The first-order valence-electron chi connectivity index (χ1n) is 7.65. The van der Waals surface area contributed by atoms with Crippen molar-refractivity contribution in [3.05, 3.63) is 68.3 Å². The van der Waals surface area contributed by atoms with Crippen molar-refractivity contribution in [3.8, 4) is 0 Å². The molecule has 0 spiro atoms. The van der Waals surface area contributed by atoms with Crippen LogP contribution in [0.4, 0.5) is 0 Å². The molecule has 0 aromatic heterocycles. The number of nitrogens with zero attached hydrogens (tertiary/aromatic N) is 2. The van der Waals surface area contributed by atoms with Gasteiger partial charge in [0.15, 0.2) is 0 Å². The van der Waals surface area contributed by atoms with E-state index in [0.29, 0.717) is 42.3 Å².